The molecule has 0 spiro atoms. The Kier molecular flexibility index (Phi) is 6.89. The lowest BCUT2D eigenvalue weighted by Gasteiger charge is -2.38. The minimum atomic E-state index is -0.523. The van der Waals surface area contributed by atoms with Crippen molar-refractivity contribution in [1.82, 2.24) is 14.8 Å². The number of fused-ring (bicyclic) bond motifs is 1. The molecule has 2 aromatic rings. The number of amides is 1. The molecular formula is C25H32N4O3S. The van der Waals surface area contributed by atoms with Gasteiger partial charge in [-0.05, 0) is 38.0 Å². The van der Waals surface area contributed by atoms with E-state index in [1.165, 1.54) is 4.53 Å². The van der Waals surface area contributed by atoms with E-state index in [2.05, 4.69) is 26.9 Å². The first-order valence-electron chi connectivity index (χ1n) is 11.8. The van der Waals surface area contributed by atoms with Gasteiger partial charge in [-0.1, -0.05) is 24.3 Å². The fourth-order valence-corrected chi connectivity index (χ4v) is 5.88. The number of rotatable bonds is 7. The first-order valence-corrected chi connectivity index (χ1v) is 12.7. The lowest BCUT2D eigenvalue weighted by atomic mass is 10.1. The topological polar surface area (TPSA) is 69.1 Å². The van der Waals surface area contributed by atoms with Gasteiger partial charge in [0.2, 0.25) is 5.91 Å². The smallest absolute Gasteiger partial charge is 0.244 e. The van der Waals surface area contributed by atoms with Crippen molar-refractivity contribution in [3.05, 3.63) is 45.2 Å². The maximum atomic E-state index is 13.0. The second kappa shape index (κ2) is 10.0. The molecule has 5 rings (SSSR count). The van der Waals surface area contributed by atoms with Crippen LogP contribution in [0.15, 0.2) is 30.3 Å². The quantitative estimate of drug-likeness (QED) is 0.642. The predicted molar refractivity (Wildman–Crippen MR) is 131 cm³/mol. The van der Waals surface area contributed by atoms with Crippen LogP contribution in [0, 0.1) is 6.92 Å². The van der Waals surface area contributed by atoms with Crippen molar-refractivity contribution in [3.8, 4) is 0 Å². The van der Waals surface area contributed by atoms with Crippen LogP contribution in [0.25, 0.3) is 12.2 Å². The zero-order valence-corrected chi connectivity index (χ0v) is 19.9. The number of aliphatic hydroxyl groups is 1. The zero-order chi connectivity index (χ0) is 22.8. The molecule has 1 aliphatic carbocycles. The van der Waals surface area contributed by atoms with Crippen LogP contribution >= 0.6 is 11.3 Å². The van der Waals surface area contributed by atoms with E-state index < -0.39 is 6.10 Å². The molecule has 0 radical (unpaired) electrons. The number of anilines is 1. The summed E-state index contributed by atoms with van der Waals surface area (Å²) in [6.45, 7) is 7.13. The third kappa shape index (κ3) is 5.20. The summed E-state index contributed by atoms with van der Waals surface area (Å²) in [4.78, 5) is 24.0. The van der Waals surface area contributed by atoms with Crippen LogP contribution in [0.5, 0.6) is 0 Å². The molecule has 1 N–H and O–H groups in total. The number of carbonyl (C=O) groups is 1. The Balaban J connectivity index is 1.06. The van der Waals surface area contributed by atoms with Crippen molar-refractivity contribution in [1.29, 1.82) is 0 Å². The number of benzene rings is 1. The summed E-state index contributed by atoms with van der Waals surface area (Å²) in [6, 6.07) is 9.90. The minimum absolute atomic E-state index is 0.0218. The number of thiazole rings is 1. The summed E-state index contributed by atoms with van der Waals surface area (Å²) in [5, 5.41) is 12.6. The summed E-state index contributed by atoms with van der Waals surface area (Å²) in [5.74, 6) is 0.210. The highest BCUT2D eigenvalue weighted by Crippen LogP contribution is 2.25. The van der Waals surface area contributed by atoms with Gasteiger partial charge in [0.1, 0.15) is 0 Å². The number of ether oxygens (including phenoxy) is 1. The molecule has 0 saturated carbocycles. The lowest BCUT2D eigenvalue weighted by molar-refractivity contribution is -0.122. The van der Waals surface area contributed by atoms with Crippen LogP contribution in [0.4, 0.5) is 5.69 Å². The largest absolute Gasteiger partial charge is 0.389 e. The van der Waals surface area contributed by atoms with Crippen molar-refractivity contribution in [2.75, 3.05) is 50.8 Å². The second-order valence-electron chi connectivity index (χ2n) is 9.08. The Morgan fingerprint density at radius 2 is 1.97 bits per heavy atom. The molecule has 8 heteroatoms. The summed E-state index contributed by atoms with van der Waals surface area (Å²) in [6.07, 6.45) is 5.41. The molecule has 2 fully saturated rings. The van der Waals surface area contributed by atoms with Crippen LogP contribution in [0.2, 0.25) is 0 Å². The van der Waals surface area contributed by atoms with Gasteiger partial charge in [0.05, 0.1) is 39.7 Å². The fourth-order valence-electron chi connectivity index (χ4n) is 5.02. The first kappa shape index (κ1) is 22.7. The van der Waals surface area contributed by atoms with E-state index in [0.29, 0.717) is 13.2 Å². The zero-order valence-electron chi connectivity index (χ0n) is 19.1. The second-order valence-corrected chi connectivity index (χ2v) is 10.3. The van der Waals surface area contributed by atoms with E-state index in [1.54, 1.807) is 11.3 Å². The van der Waals surface area contributed by atoms with E-state index in [0.717, 1.165) is 61.6 Å². The van der Waals surface area contributed by atoms with Crippen LogP contribution in [-0.4, -0.2) is 89.9 Å². The van der Waals surface area contributed by atoms with Crippen LogP contribution in [0.3, 0.4) is 0 Å². The molecule has 3 atom stereocenters. The maximum Gasteiger partial charge on any atom is 0.244 e. The third-order valence-corrected chi connectivity index (χ3v) is 7.71. The number of hydrogen-bond acceptors (Lipinski definition) is 7. The van der Waals surface area contributed by atoms with Gasteiger partial charge in [-0.3, -0.25) is 14.6 Å². The molecule has 1 aromatic carbocycles. The molecule has 3 aliphatic rings. The standard InChI is InChI=1S/C25H32N4O3S/c1-18-26-22-15-21(7-8-24(22)33-18)32-17-20(30)16-27-11-13-28(14-12-27)23-9-10-29(25(23)31)19-5-3-2-4-6-19/h2-6,8,15,20-21,23,30H,7,9-14,16-17H2,1H3/t20-,21?,23?/m1/s1. The van der Waals surface area contributed by atoms with E-state index >= 15 is 0 Å². The van der Waals surface area contributed by atoms with Gasteiger partial charge in [-0.15, -0.1) is 11.3 Å². The van der Waals surface area contributed by atoms with Crippen LogP contribution < -0.4 is 14.8 Å². The van der Waals surface area contributed by atoms with Gasteiger partial charge < -0.3 is 14.7 Å². The maximum absolute atomic E-state index is 13.0. The number of para-hydroxylation sites is 1. The van der Waals surface area contributed by atoms with E-state index in [4.69, 9.17) is 4.74 Å². The lowest BCUT2D eigenvalue weighted by Crippen LogP contribution is -2.54. The number of aromatic nitrogens is 1. The number of aryl methyl sites for hydroxylation is 1. The molecule has 2 saturated heterocycles. The number of aliphatic hydroxyl groups excluding tert-OH is 1. The molecular weight excluding hydrogens is 436 g/mol. The average molecular weight is 469 g/mol. The summed E-state index contributed by atoms with van der Waals surface area (Å²) in [7, 11) is 0. The van der Waals surface area contributed by atoms with Crippen LogP contribution in [-0.2, 0) is 9.53 Å². The monoisotopic (exact) mass is 468 g/mol. The highest BCUT2D eigenvalue weighted by Gasteiger charge is 2.37. The van der Waals surface area contributed by atoms with Gasteiger partial charge in [0.15, 0.2) is 0 Å². The van der Waals surface area contributed by atoms with Gasteiger partial charge >= 0.3 is 0 Å². The molecule has 3 heterocycles. The number of piperazine rings is 1. The van der Waals surface area contributed by atoms with Crippen molar-refractivity contribution in [2.45, 2.75) is 38.0 Å². The summed E-state index contributed by atoms with van der Waals surface area (Å²) < 4.78 is 7.18. The summed E-state index contributed by atoms with van der Waals surface area (Å²) in [5.41, 5.74) is 0.987. The highest BCUT2D eigenvalue weighted by molar-refractivity contribution is 7.09. The molecule has 2 aliphatic heterocycles. The van der Waals surface area contributed by atoms with Gasteiger partial charge in [-0.2, -0.15) is 0 Å². The molecule has 2 unspecified atom stereocenters. The summed E-state index contributed by atoms with van der Waals surface area (Å²) >= 11 is 1.71. The Morgan fingerprint density at radius 3 is 2.76 bits per heavy atom. The molecule has 33 heavy (non-hydrogen) atoms. The Bertz CT molecular complexity index is 1080. The van der Waals surface area contributed by atoms with Gasteiger partial charge in [0, 0.05) is 45.0 Å². The average Bonchev–Trinajstić information content (AvgIpc) is 3.40. The van der Waals surface area contributed by atoms with Crippen molar-refractivity contribution >= 4 is 35.1 Å². The van der Waals surface area contributed by atoms with Crippen molar-refractivity contribution in [2.24, 2.45) is 0 Å². The molecule has 1 aromatic heterocycles. The number of carbonyl (C=O) groups excluding carboxylic acids is 1. The highest BCUT2D eigenvalue weighted by atomic mass is 32.1. The fraction of sp³-hybridized carbons (Fsp3) is 0.520. The minimum Gasteiger partial charge on any atom is -0.389 e. The Hall–Kier alpha value is -2.10. The SMILES string of the molecule is Cc1nc2c(s1)=CCC(OC[C@H](O)CN1CCN(C3CCN(c4ccccc4)C3=O)CC1)C=2. The number of β-amino-alcohol motifs (C(OH)–C–C–N with tert-alkyl or cyclic N) is 1. The third-order valence-electron chi connectivity index (χ3n) is 6.73. The predicted octanol–water partition coefficient (Wildman–Crippen LogP) is 0.585. The van der Waals surface area contributed by atoms with E-state index in [-0.39, 0.29) is 18.1 Å². The number of nitrogens with zero attached hydrogens (tertiary/aromatic N) is 4. The van der Waals surface area contributed by atoms with E-state index in [1.807, 2.05) is 42.2 Å². The van der Waals surface area contributed by atoms with Crippen LogP contribution in [0.1, 0.15) is 17.8 Å². The molecule has 176 valence electrons. The molecule has 0 bridgehead atoms. The Labute approximate surface area is 198 Å². The molecule has 7 nitrogen and oxygen atoms in total. The van der Waals surface area contributed by atoms with Gasteiger partial charge in [0.25, 0.3) is 0 Å². The normalized spacial score (nSPS) is 24.9. The first-order chi connectivity index (χ1) is 16.1. The van der Waals surface area contributed by atoms with Crippen molar-refractivity contribution in [3.63, 3.8) is 0 Å². The molecule has 1 amide bonds. The van der Waals surface area contributed by atoms with Gasteiger partial charge in [-0.25, -0.2) is 4.98 Å². The van der Waals surface area contributed by atoms with Crippen molar-refractivity contribution < 1.29 is 14.6 Å². The van der Waals surface area contributed by atoms with E-state index in [9.17, 15) is 9.90 Å². The Morgan fingerprint density at radius 1 is 1.18 bits per heavy atom. The number of hydrogen-bond donors (Lipinski definition) is 1.